The summed E-state index contributed by atoms with van der Waals surface area (Å²) >= 11 is 0. The van der Waals surface area contributed by atoms with Gasteiger partial charge in [0.2, 0.25) is 0 Å². The average molecular weight is 260 g/mol. The highest BCUT2D eigenvalue weighted by Crippen LogP contribution is 2.14. The second kappa shape index (κ2) is 11.3. The van der Waals surface area contributed by atoms with E-state index in [9.17, 15) is 10.1 Å². The lowest BCUT2D eigenvalue weighted by atomic mass is 10.2. The molecule has 0 aliphatic carbocycles. The van der Waals surface area contributed by atoms with Crippen LogP contribution in [0, 0.1) is 52.9 Å². The van der Waals surface area contributed by atoms with Crippen LogP contribution in [0.1, 0.15) is 5.56 Å². The molecule has 0 saturated heterocycles. The van der Waals surface area contributed by atoms with Crippen molar-refractivity contribution in [1.29, 1.82) is 0 Å². The predicted molar refractivity (Wildman–Crippen MR) is 70.1 cm³/mol. The van der Waals surface area contributed by atoms with Crippen molar-refractivity contribution < 1.29 is 15.1 Å². The minimum atomic E-state index is -0.380. The first kappa shape index (κ1) is 18.2. The summed E-state index contributed by atoms with van der Waals surface area (Å²) in [4.78, 5) is 9.85. The maximum absolute atomic E-state index is 10.2. The fourth-order valence-electron chi connectivity index (χ4n) is 0.887. The summed E-state index contributed by atoms with van der Waals surface area (Å²) in [6.07, 6.45) is 3.11. The fourth-order valence-corrected chi connectivity index (χ4v) is 0.887. The molecule has 0 aliphatic heterocycles. The van der Waals surface area contributed by atoms with Crippen LogP contribution in [-0.2, 0) is 0 Å². The fraction of sp³-hybridized carbons (Fsp3) is 0.0769. The Morgan fingerprint density at radius 1 is 1.05 bits per heavy atom. The van der Waals surface area contributed by atoms with Crippen molar-refractivity contribution in [2.75, 3.05) is 0 Å². The van der Waals surface area contributed by atoms with E-state index in [0.717, 1.165) is 0 Å². The predicted octanol–water partition coefficient (Wildman–Crippen LogP) is 1.72. The van der Waals surface area contributed by atoms with Crippen molar-refractivity contribution in [2.45, 2.75) is 6.92 Å². The van der Waals surface area contributed by atoms with Crippen LogP contribution in [0.2, 0.25) is 0 Å². The van der Waals surface area contributed by atoms with Gasteiger partial charge in [-0.1, -0.05) is 18.2 Å². The molecule has 98 valence electrons. The standard InChI is InChI=1S/C7H7NO2.C6H2O2.H3N/c1-6-4-2-3-5-7(6)8(9)10;7-5-3-1-2-4-6-8;/h2-5H,1H3;7-8H;1H3. The number of nitro groups is 1. The summed E-state index contributed by atoms with van der Waals surface area (Å²) in [5.41, 5.74) is 0.884. The summed E-state index contributed by atoms with van der Waals surface area (Å²) in [6.45, 7) is 1.72. The van der Waals surface area contributed by atoms with Gasteiger partial charge in [0.1, 0.15) is 12.2 Å². The van der Waals surface area contributed by atoms with Crippen LogP contribution in [0.4, 0.5) is 5.69 Å². The van der Waals surface area contributed by atoms with Gasteiger partial charge in [-0.3, -0.25) is 10.1 Å². The zero-order valence-electron chi connectivity index (χ0n) is 10.2. The Balaban J connectivity index is 0. The van der Waals surface area contributed by atoms with Crippen molar-refractivity contribution in [1.82, 2.24) is 6.15 Å². The highest BCUT2D eigenvalue weighted by Gasteiger charge is 2.05. The second-order valence-corrected chi connectivity index (χ2v) is 2.77. The lowest BCUT2D eigenvalue weighted by Gasteiger charge is -1.92. The molecule has 0 atom stereocenters. The summed E-state index contributed by atoms with van der Waals surface area (Å²) in [5.74, 6) is 8.31. The van der Waals surface area contributed by atoms with Gasteiger partial charge in [0.15, 0.2) is 0 Å². The number of nitrogens with zero attached hydrogens (tertiary/aromatic N) is 1. The molecule has 6 nitrogen and oxygen atoms in total. The van der Waals surface area contributed by atoms with Crippen LogP contribution < -0.4 is 6.15 Å². The maximum atomic E-state index is 10.2. The van der Waals surface area contributed by atoms with E-state index in [2.05, 4.69) is 11.8 Å². The van der Waals surface area contributed by atoms with Gasteiger partial charge >= 0.3 is 0 Å². The van der Waals surface area contributed by atoms with Crippen molar-refractivity contribution in [2.24, 2.45) is 0 Å². The molecule has 0 radical (unpaired) electrons. The number of para-hydroxylation sites is 1. The highest BCUT2D eigenvalue weighted by molar-refractivity contribution is 5.38. The average Bonchev–Trinajstić information content (AvgIpc) is 2.36. The van der Waals surface area contributed by atoms with Crippen molar-refractivity contribution >= 4 is 5.69 Å². The largest absolute Gasteiger partial charge is 0.461 e. The lowest BCUT2D eigenvalue weighted by molar-refractivity contribution is -0.385. The number of nitro benzene ring substituents is 1. The Bertz CT molecular complexity index is 568. The van der Waals surface area contributed by atoms with Crippen LogP contribution in [-0.4, -0.2) is 15.1 Å². The Morgan fingerprint density at radius 3 is 1.84 bits per heavy atom. The molecule has 0 saturated carbocycles. The van der Waals surface area contributed by atoms with Crippen molar-refractivity contribution in [3.05, 3.63) is 39.9 Å². The number of aliphatic hydroxyl groups is 2. The molecule has 0 spiro atoms. The molecule has 0 bridgehead atoms. The van der Waals surface area contributed by atoms with E-state index < -0.39 is 0 Å². The number of aryl methyl sites for hydroxylation is 1. The zero-order chi connectivity index (χ0) is 13.8. The first-order valence-corrected chi connectivity index (χ1v) is 4.61. The van der Waals surface area contributed by atoms with Crippen molar-refractivity contribution in [3.63, 3.8) is 0 Å². The molecule has 1 aromatic carbocycles. The highest BCUT2D eigenvalue weighted by atomic mass is 16.6. The molecule has 0 aliphatic rings. The zero-order valence-corrected chi connectivity index (χ0v) is 10.2. The first-order chi connectivity index (χ1) is 8.63. The normalized spacial score (nSPS) is 6.37. The number of benzene rings is 1. The Morgan fingerprint density at radius 2 is 1.53 bits per heavy atom. The van der Waals surface area contributed by atoms with E-state index in [4.69, 9.17) is 10.2 Å². The molecule has 0 amide bonds. The van der Waals surface area contributed by atoms with Crippen LogP contribution >= 0.6 is 0 Å². The maximum Gasteiger partial charge on any atom is 0.272 e. The monoisotopic (exact) mass is 260 g/mol. The minimum Gasteiger partial charge on any atom is -0.461 e. The molecule has 0 unspecified atom stereocenters. The summed E-state index contributed by atoms with van der Waals surface area (Å²) < 4.78 is 0. The third-order valence-corrected chi connectivity index (χ3v) is 1.61. The van der Waals surface area contributed by atoms with E-state index in [1.807, 2.05) is 11.8 Å². The van der Waals surface area contributed by atoms with Crippen LogP contribution in [0.3, 0.4) is 0 Å². The summed E-state index contributed by atoms with van der Waals surface area (Å²) in [5, 5.41) is 25.8. The van der Waals surface area contributed by atoms with Gasteiger partial charge in [0, 0.05) is 35.3 Å². The van der Waals surface area contributed by atoms with Gasteiger partial charge in [-0.15, -0.1) is 0 Å². The van der Waals surface area contributed by atoms with Gasteiger partial charge in [-0.05, 0) is 6.92 Å². The lowest BCUT2D eigenvalue weighted by Crippen LogP contribution is -1.89. The molecule has 0 fully saturated rings. The summed E-state index contributed by atoms with van der Waals surface area (Å²) in [7, 11) is 0. The topological polar surface area (TPSA) is 119 Å². The number of hydrogen-bond acceptors (Lipinski definition) is 5. The van der Waals surface area contributed by atoms with Gasteiger partial charge in [-0.25, -0.2) is 0 Å². The summed E-state index contributed by atoms with van der Waals surface area (Å²) in [6, 6.07) is 6.65. The third kappa shape index (κ3) is 8.65. The van der Waals surface area contributed by atoms with Crippen molar-refractivity contribution in [3.8, 4) is 35.9 Å². The van der Waals surface area contributed by atoms with Gasteiger partial charge in [-0.2, -0.15) is 0 Å². The molecular weight excluding hydrogens is 248 g/mol. The SMILES string of the molecule is Cc1ccccc1[N+](=O)[O-].N.OC#CC#CC#CO. The van der Waals surface area contributed by atoms with E-state index in [0.29, 0.717) is 5.56 Å². The van der Waals surface area contributed by atoms with Gasteiger partial charge < -0.3 is 16.4 Å². The molecule has 1 rings (SSSR count). The molecule has 0 heterocycles. The molecule has 19 heavy (non-hydrogen) atoms. The molecule has 5 N–H and O–H groups in total. The Hall–Kier alpha value is -3.14. The third-order valence-electron chi connectivity index (χ3n) is 1.61. The molecule has 6 heteroatoms. The van der Waals surface area contributed by atoms with Gasteiger partial charge in [0.05, 0.1) is 4.92 Å². The molecule has 1 aromatic rings. The quantitative estimate of drug-likeness (QED) is 0.403. The Kier molecular flexibility index (Phi) is 10.9. The first-order valence-electron chi connectivity index (χ1n) is 4.61. The van der Waals surface area contributed by atoms with Crippen LogP contribution in [0.5, 0.6) is 0 Å². The number of aliphatic hydroxyl groups excluding tert-OH is 2. The van der Waals surface area contributed by atoms with E-state index >= 15 is 0 Å². The smallest absolute Gasteiger partial charge is 0.272 e. The molecule has 0 aromatic heterocycles. The minimum absolute atomic E-state index is 0. The van der Waals surface area contributed by atoms with E-state index in [1.54, 1.807) is 37.3 Å². The van der Waals surface area contributed by atoms with E-state index in [-0.39, 0.29) is 16.8 Å². The molecular formula is C13H12N2O4. The van der Waals surface area contributed by atoms with Crippen LogP contribution in [0.15, 0.2) is 24.3 Å². The number of hydrogen-bond donors (Lipinski definition) is 3. The van der Waals surface area contributed by atoms with Crippen LogP contribution in [0.25, 0.3) is 0 Å². The second-order valence-electron chi connectivity index (χ2n) is 2.77. The Labute approximate surface area is 110 Å². The van der Waals surface area contributed by atoms with Gasteiger partial charge in [0.25, 0.3) is 5.69 Å². The number of rotatable bonds is 1. The van der Waals surface area contributed by atoms with E-state index in [1.165, 1.54) is 6.07 Å².